The molecule has 0 aliphatic rings. The van der Waals surface area contributed by atoms with Crippen LogP contribution in [0.15, 0.2) is 12.1 Å². The van der Waals surface area contributed by atoms with Gasteiger partial charge < -0.3 is 11.5 Å². The molecule has 0 bridgehead atoms. The van der Waals surface area contributed by atoms with Crippen LogP contribution in [-0.2, 0) is 0 Å². The molecule has 2 nitrogen and oxygen atoms in total. The quantitative estimate of drug-likeness (QED) is 0.718. The van der Waals surface area contributed by atoms with Gasteiger partial charge in [-0.2, -0.15) is 0 Å². The Labute approximate surface area is 83.9 Å². The number of nitrogens with two attached hydrogens (primary N) is 2. The molecule has 1 rings (SSSR count). The van der Waals surface area contributed by atoms with Crippen molar-refractivity contribution in [1.82, 2.24) is 0 Å². The largest absolute Gasteiger partial charge is 0.398 e. The lowest BCUT2D eigenvalue weighted by Crippen LogP contribution is -2.10. The Morgan fingerprint density at radius 1 is 1.46 bits per heavy atom. The monoisotopic (exact) mass is 198 g/mol. The standard InChI is InChI=1S/C10H15ClN2/c1-3-8(12)7-4-5-9(13)6(2)10(7)11/h4-5,8H,3,12-13H2,1-2H3/t8-/m1/s1. The highest BCUT2D eigenvalue weighted by Gasteiger charge is 2.10. The Kier molecular flexibility index (Phi) is 3.17. The molecule has 0 aliphatic carbocycles. The van der Waals surface area contributed by atoms with E-state index in [1.165, 1.54) is 0 Å². The normalized spacial score (nSPS) is 12.9. The molecule has 1 atom stereocenters. The molecule has 0 unspecified atom stereocenters. The second-order valence-corrected chi connectivity index (χ2v) is 3.58. The van der Waals surface area contributed by atoms with E-state index in [0.717, 1.165) is 23.2 Å². The third-order valence-corrected chi connectivity index (χ3v) is 2.80. The van der Waals surface area contributed by atoms with Gasteiger partial charge in [0, 0.05) is 11.7 Å². The van der Waals surface area contributed by atoms with E-state index in [4.69, 9.17) is 23.1 Å². The molecule has 0 amide bonds. The van der Waals surface area contributed by atoms with Gasteiger partial charge in [-0.1, -0.05) is 24.6 Å². The van der Waals surface area contributed by atoms with Crippen molar-refractivity contribution in [1.29, 1.82) is 0 Å². The minimum atomic E-state index is 0.00630. The molecule has 0 spiro atoms. The van der Waals surface area contributed by atoms with E-state index in [0.29, 0.717) is 5.02 Å². The van der Waals surface area contributed by atoms with Crippen molar-refractivity contribution in [3.63, 3.8) is 0 Å². The van der Waals surface area contributed by atoms with Gasteiger partial charge in [-0.15, -0.1) is 0 Å². The SMILES string of the molecule is CC[C@@H](N)c1ccc(N)c(C)c1Cl. The minimum Gasteiger partial charge on any atom is -0.398 e. The van der Waals surface area contributed by atoms with Crippen LogP contribution in [0.25, 0.3) is 0 Å². The molecule has 0 saturated carbocycles. The molecule has 0 radical (unpaired) electrons. The van der Waals surface area contributed by atoms with E-state index in [1.807, 2.05) is 26.0 Å². The lowest BCUT2D eigenvalue weighted by molar-refractivity contribution is 0.698. The number of hydrogen-bond acceptors (Lipinski definition) is 2. The van der Waals surface area contributed by atoms with Crippen molar-refractivity contribution in [3.8, 4) is 0 Å². The first-order chi connectivity index (χ1) is 6.07. The van der Waals surface area contributed by atoms with Gasteiger partial charge in [0.25, 0.3) is 0 Å². The fourth-order valence-electron chi connectivity index (χ4n) is 1.23. The van der Waals surface area contributed by atoms with Gasteiger partial charge in [0.2, 0.25) is 0 Å². The van der Waals surface area contributed by atoms with Crippen LogP contribution < -0.4 is 11.5 Å². The Bertz CT molecular complexity index is 310. The maximum atomic E-state index is 6.11. The highest BCUT2D eigenvalue weighted by Crippen LogP contribution is 2.29. The Morgan fingerprint density at radius 2 is 2.08 bits per heavy atom. The number of halogens is 1. The number of anilines is 1. The van der Waals surface area contributed by atoms with Crippen LogP contribution in [0.2, 0.25) is 5.02 Å². The summed E-state index contributed by atoms with van der Waals surface area (Å²) in [5, 5.41) is 0.703. The lowest BCUT2D eigenvalue weighted by Gasteiger charge is -2.14. The molecule has 72 valence electrons. The Balaban J connectivity index is 3.18. The van der Waals surface area contributed by atoms with E-state index in [1.54, 1.807) is 0 Å². The van der Waals surface area contributed by atoms with Crippen molar-refractivity contribution in [2.24, 2.45) is 5.73 Å². The summed E-state index contributed by atoms with van der Waals surface area (Å²) in [5.74, 6) is 0. The summed E-state index contributed by atoms with van der Waals surface area (Å²) in [6.07, 6.45) is 0.878. The van der Waals surface area contributed by atoms with Crippen LogP contribution in [0.4, 0.5) is 5.69 Å². The molecule has 4 N–H and O–H groups in total. The smallest absolute Gasteiger partial charge is 0.0503 e. The van der Waals surface area contributed by atoms with Crippen LogP contribution in [0.5, 0.6) is 0 Å². The fourth-order valence-corrected chi connectivity index (χ4v) is 1.54. The molecule has 0 aromatic heterocycles. The van der Waals surface area contributed by atoms with Crippen LogP contribution in [-0.4, -0.2) is 0 Å². The average Bonchev–Trinajstić information content (AvgIpc) is 2.13. The summed E-state index contributed by atoms with van der Waals surface area (Å²) in [6.45, 7) is 3.94. The van der Waals surface area contributed by atoms with Crippen molar-refractivity contribution < 1.29 is 0 Å². The number of benzene rings is 1. The van der Waals surface area contributed by atoms with Gasteiger partial charge >= 0.3 is 0 Å². The second kappa shape index (κ2) is 3.99. The molecular weight excluding hydrogens is 184 g/mol. The van der Waals surface area contributed by atoms with Gasteiger partial charge in [-0.25, -0.2) is 0 Å². The molecule has 0 aliphatic heterocycles. The van der Waals surface area contributed by atoms with E-state index in [9.17, 15) is 0 Å². The van der Waals surface area contributed by atoms with Crippen LogP contribution >= 0.6 is 11.6 Å². The highest BCUT2D eigenvalue weighted by molar-refractivity contribution is 6.32. The molecule has 3 heteroatoms. The fraction of sp³-hybridized carbons (Fsp3) is 0.400. The predicted octanol–water partition coefficient (Wildman–Crippen LogP) is 2.64. The Hall–Kier alpha value is -0.730. The maximum Gasteiger partial charge on any atom is 0.0503 e. The first-order valence-corrected chi connectivity index (χ1v) is 4.75. The van der Waals surface area contributed by atoms with Gasteiger partial charge in [0.15, 0.2) is 0 Å². The van der Waals surface area contributed by atoms with Crippen molar-refractivity contribution >= 4 is 17.3 Å². The van der Waals surface area contributed by atoms with Crippen LogP contribution in [0.3, 0.4) is 0 Å². The molecular formula is C10H15ClN2. The van der Waals surface area contributed by atoms with Crippen molar-refractivity contribution in [2.75, 3.05) is 5.73 Å². The molecule has 0 saturated heterocycles. The summed E-state index contributed by atoms with van der Waals surface area (Å²) in [7, 11) is 0. The van der Waals surface area contributed by atoms with Crippen LogP contribution in [0, 0.1) is 6.92 Å². The van der Waals surface area contributed by atoms with Gasteiger partial charge in [0.05, 0.1) is 5.02 Å². The van der Waals surface area contributed by atoms with Crippen molar-refractivity contribution in [2.45, 2.75) is 26.3 Å². The summed E-state index contributed by atoms with van der Waals surface area (Å²) in [5.41, 5.74) is 14.2. The molecule has 1 aromatic rings. The van der Waals surface area contributed by atoms with Gasteiger partial charge in [0.1, 0.15) is 0 Å². The van der Waals surface area contributed by atoms with E-state index in [-0.39, 0.29) is 6.04 Å². The molecule has 13 heavy (non-hydrogen) atoms. The zero-order chi connectivity index (χ0) is 10.0. The maximum absolute atomic E-state index is 6.11. The zero-order valence-corrected chi connectivity index (χ0v) is 8.73. The van der Waals surface area contributed by atoms with Crippen molar-refractivity contribution in [3.05, 3.63) is 28.3 Å². The number of rotatable bonds is 2. The number of hydrogen-bond donors (Lipinski definition) is 2. The van der Waals surface area contributed by atoms with Crippen LogP contribution in [0.1, 0.15) is 30.5 Å². The first kappa shape index (κ1) is 10.4. The molecule has 1 aromatic carbocycles. The second-order valence-electron chi connectivity index (χ2n) is 3.20. The average molecular weight is 199 g/mol. The summed E-state index contributed by atoms with van der Waals surface area (Å²) in [6, 6.07) is 3.76. The number of nitrogen functional groups attached to an aromatic ring is 1. The molecule has 0 fully saturated rings. The van der Waals surface area contributed by atoms with Gasteiger partial charge in [-0.05, 0) is 30.5 Å². The third-order valence-electron chi connectivity index (χ3n) is 2.30. The summed E-state index contributed by atoms with van der Waals surface area (Å²) >= 11 is 6.11. The van der Waals surface area contributed by atoms with E-state index >= 15 is 0 Å². The van der Waals surface area contributed by atoms with E-state index in [2.05, 4.69) is 0 Å². The van der Waals surface area contributed by atoms with Gasteiger partial charge in [-0.3, -0.25) is 0 Å². The topological polar surface area (TPSA) is 52.0 Å². The van der Waals surface area contributed by atoms with E-state index < -0.39 is 0 Å². The Morgan fingerprint density at radius 3 is 2.62 bits per heavy atom. The highest BCUT2D eigenvalue weighted by atomic mass is 35.5. The minimum absolute atomic E-state index is 0.00630. The lowest BCUT2D eigenvalue weighted by atomic mass is 10.0. The summed E-state index contributed by atoms with van der Waals surface area (Å²) in [4.78, 5) is 0. The summed E-state index contributed by atoms with van der Waals surface area (Å²) < 4.78 is 0. The zero-order valence-electron chi connectivity index (χ0n) is 7.97. The molecule has 0 heterocycles. The third kappa shape index (κ3) is 1.95. The first-order valence-electron chi connectivity index (χ1n) is 4.38. The predicted molar refractivity (Wildman–Crippen MR) is 57.8 cm³/mol.